The van der Waals surface area contributed by atoms with Gasteiger partial charge in [0, 0.05) is 6.54 Å². The number of nitrogens with zero attached hydrogens (tertiary/aromatic N) is 2. The molecule has 1 aromatic rings. The number of piperidine rings is 1. The van der Waals surface area contributed by atoms with Gasteiger partial charge in [-0.25, -0.2) is 0 Å². The standard InChI is InChI=1S/C16H20N2O2/c1-12-3-2-6-18(11-12)14(10-17)13-4-5-15-16(9-13)20-8-7-19-15/h4-5,9,12,14H,2-3,6-8,11H2,1H3. The third-order valence-corrected chi connectivity index (χ3v) is 4.06. The smallest absolute Gasteiger partial charge is 0.161 e. The lowest BCUT2D eigenvalue weighted by Crippen LogP contribution is -2.36. The third-order valence-electron chi connectivity index (χ3n) is 4.06. The van der Waals surface area contributed by atoms with Crippen LogP contribution in [0.25, 0.3) is 0 Å². The maximum Gasteiger partial charge on any atom is 0.161 e. The highest BCUT2D eigenvalue weighted by Gasteiger charge is 2.26. The van der Waals surface area contributed by atoms with Gasteiger partial charge in [0.1, 0.15) is 19.3 Å². The van der Waals surface area contributed by atoms with Crippen molar-refractivity contribution < 1.29 is 9.47 Å². The highest BCUT2D eigenvalue weighted by Crippen LogP contribution is 2.35. The molecule has 106 valence electrons. The number of ether oxygens (including phenoxy) is 2. The molecule has 3 rings (SSSR count). The normalized spacial score (nSPS) is 23.9. The largest absolute Gasteiger partial charge is 0.486 e. The Kier molecular flexibility index (Phi) is 3.79. The second-order valence-corrected chi connectivity index (χ2v) is 5.68. The van der Waals surface area contributed by atoms with E-state index in [9.17, 15) is 5.26 Å². The van der Waals surface area contributed by atoms with E-state index in [4.69, 9.17) is 9.47 Å². The van der Waals surface area contributed by atoms with Gasteiger partial charge in [-0.05, 0) is 43.0 Å². The summed E-state index contributed by atoms with van der Waals surface area (Å²) in [4.78, 5) is 2.28. The van der Waals surface area contributed by atoms with Gasteiger partial charge in [0.2, 0.25) is 0 Å². The van der Waals surface area contributed by atoms with Crippen molar-refractivity contribution in [2.75, 3.05) is 26.3 Å². The van der Waals surface area contributed by atoms with E-state index < -0.39 is 0 Å². The molecule has 2 atom stereocenters. The maximum absolute atomic E-state index is 9.56. The number of likely N-dealkylation sites (tertiary alicyclic amines) is 1. The Morgan fingerprint density at radius 3 is 2.85 bits per heavy atom. The topological polar surface area (TPSA) is 45.5 Å². The van der Waals surface area contributed by atoms with Gasteiger partial charge in [-0.1, -0.05) is 13.0 Å². The van der Waals surface area contributed by atoms with Crippen LogP contribution in [-0.4, -0.2) is 31.2 Å². The highest BCUT2D eigenvalue weighted by atomic mass is 16.6. The second-order valence-electron chi connectivity index (χ2n) is 5.68. The lowest BCUT2D eigenvalue weighted by Gasteiger charge is -2.34. The van der Waals surface area contributed by atoms with Crippen LogP contribution in [0, 0.1) is 17.2 Å². The average molecular weight is 272 g/mol. The number of fused-ring (bicyclic) bond motifs is 1. The monoisotopic (exact) mass is 272 g/mol. The summed E-state index contributed by atoms with van der Waals surface area (Å²) in [6.45, 7) is 5.42. The third kappa shape index (κ3) is 2.59. The quantitative estimate of drug-likeness (QED) is 0.830. The predicted molar refractivity (Wildman–Crippen MR) is 75.8 cm³/mol. The first-order chi connectivity index (χ1) is 9.78. The molecule has 0 spiro atoms. The van der Waals surface area contributed by atoms with Crippen LogP contribution in [0.1, 0.15) is 31.4 Å². The van der Waals surface area contributed by atoms with E-state index in [2.05, 4.69) is 17.9 Å². The molecule has 0 aliphatic carbocycles. The number of hydrogen-bond donors (Lipinski definition) is 0. The molecular formula is C16H20N2O2. The van der Waals surface area contributed by atoms with Crippen molar-refractivity contribution in [1.29, 1.82) is 5.26 Å². The van der Waals surface area contributed by atoms with Gasteiger partial charge in [0.05, 0.1) is 6.07 Å². The van der Waals surface area contributed by atoms with Crippen molar-refractivity contribution >= 4 is 0 Å². The molecule has 2 aliphatic heterocycles. The van der Waals surface area contributed by atoms with E-state index in [-0.39, 0.29) is 6.04 Å². The van der Waals surface area contributed by atoms with Crippen LogP contribution in [0.15, 0.2) is 18.2 Å². The van der Waals surface area contributed by atoms with Crippen molar-refractivity contribution in [3.05, 3.63) is 23.8 Å². The average Bonchev–Trinajstić information content (AvgIpc) is 2.48. The van der Waals surface area contributed by atoms with Crippen LogP contribution >= 0.6 is 0 Å². The van der Waals surface area contributed by atoms with Gasteiger partial charge in [-0.3, -0.25) is 4.90 Å². The minimum atomic E-state index is -0.187. The van der Waals surface area contributed by atoms with Crippen LogP contribution in [0.2, 0.25) is 0 Å². The highest BCUT2D eigenvalue weighted by molar-refractivity contribution is 5.45. The van der Waals surface area contributed by atoms with Crippen LogP contribution in [-0.2, 0) is 0 Å². The van der Waals surface area contributed by atoms with E-state index in [1.165, 1.54) is 12.8 Å². The molecule has 0 aromatic heterocycles. The number of benzene rings is 1. The Morgan fingerprint density at radius 2 is 2.10 bits per heavy atom. The number of hydrogen-bond acceptors (Lipinski definition) is 4. The van der Waals surface area contributed by atoms with Crippen molar-refractivity contribution in [2.24, 2.45) is 5.92 Å². The summed E-state index contributed by atoms with van der Waals surface area (Å²) in [6.07, 6.45) is 2.43. The molecule has 1 fully saturated rings. The van der Waals surface area contributed by atoms with E-state index in [0.717, 1.165) is 30.2 Å². The van der Waals surface area contributed by atoms with Crippen LogP contribution in [0.3, 0.4) is 0 Å². The summed E-state index contributed by atoms with van der Waals surface area (Å²) in [7, 11) is 0. The molecule has 2 heterocycles. The van der Waals surface area contributed by atoms with Gasteiger partial charge in [-0.15, -0.1) is 0 Å². The van der Waals surface area contributed by atoms with Gasteiger partial charge in [0.25, 0.3) is 0 Å². The van der Waals surface area contributed by atoms with Gasteiger partial charge in [0.15, 0.2) is 11.5 Å². The molecule has 4 nitrogen and oxygen atoms in total. The fourth-order valence-corrected chi connectivity index (χ4v) is 3.06. The molecule has 1 aromatic carbocycles. The van der Waals surface area contributed by atoms with Crippen LogP contribution < -0.4 is 9.47 Å². The minimum Gasteiger partial charge on any atom is -0.486 e. The lowest BCUT2D eigenvalue weighted by molar-refractivity contribution is 0.154. The summed E-state index contributed by atoms with van der Waals surface area (Å²) in [5.41, 5.74) is 1.01. The predicted octanol–water partition coefficient (Wildman–Crippen LogP) is 2.75. The van der Waals surface area contributed by atoms with E-state index >= 15 is 0 Å². The van der Waals surface area contributed by atoms with E-state index in [0.29, 0.717) is 19.1 Å². The van der Waals surface area contributed by atoms with Gasteiger partial charge >= 0.3 is 0 Å². The Balaban J connectivity index is 1.84. The summed E-state index contributed by atoms with van der Waals surface area (Å²) in [5.74, 6) is 2.21. The molecule has 0 bridgehead atoms. The molecule has 0 amide bonds. The first kappa shape index (κ1) is 13.3. The SMILES string of the molecule is CC1CCCN(C(C#N)c2ccc3c(c2)OCCO3)C1. The fourth-order valence-electron chi connectivity index (χ4n) is 3.06. The number of nitriles is 1. The lowest BCUT2D eigenvalue weighted by atomic mass is 9.96. The van der Waals surface area contributed by atoms with Crippen molar-refractivity contribution in [3.8, 4) is 17.6 Å². The van der Waals surface area contributed by atoms with Gasteiger partial charge < -0.3 is 9.47 Å². The van der Waals surface area contributed by atoms with Crippen molar-refractivity contribution in [1.82, 2.24) is 4.90 Å². The molecule has 0 radical (unpaired) electrons. The summed E-state index contributed by atoms with van der Waals surface area (Å²) in [5, 5.41) is 9.56. The Hall–Kier alpha value is -1.73. The molecule has 0 saturated carbocycles. The van der Waals surface area contributed by atoms with Crippen molar-refractivity contribution in [2.45, 2.75) is 25.8 Å². The first-order valence-corrected chi connectivity index (χ1v) is 7.31. The van der Waals surface area contributed by atoms with Crippen molar-refractivity contribution in [3.63, 3.8) is 0 Å². The van der Waals surface area contributed by atoms with Gasteiger partial charge in [-0.2, -0.15) is 5.26 Å². The zero-order valence-corrected chi connectivity index (χ0v) is 11.8. The second kappa shape index (κ2) is 5.72. The Labute approximate surface area is 119 Å². The summed E-state index contributed by atoms with van der Waals surface area (Å²) in [6, 6.07) is 8.12. The molecule has 1 saturated heterocycles. The molecular weight excluding hydrogens is 252 g/mol. The summed E-state index contributed by atoms with van der Waals surface area (Å²) < 4.78 is 11.1. The van der Waals surface area contributed by atoms with E-state index in [1.807, 2.05) is 18.2 Å². The number of rotatable bonds is 2. The zero-order chi connectivity index (χ0) is 13.9. The first-order valence-electron chi connectivity index (χ1n) is 7.31. The zero-order valence-electron chi connectivity index (χ0n) is 11.8. The molecule has 0 N–H and O–H groups in total. The van der Waals surface area contributed by atoms with E-state index in [1.54, 1.807) is 0 Å². The molecule has 2 aliphatic rings. The Bertz CT molecular complexity index is 524. The van der Waals surface area contributed by atoms with Crippen LogP contribution in [0.5, 0.6) is 11.5 Å². The Morgan fingerprint density at radius 1 is 1.30 bits per heavy atom. The molecule has 4 heteroatoms. The maximum atomic E-state index is 9.56. The van der Waals surface area contributed by atoms with Crippen LogP contribution in [0.4, 0.5) is 0 Å². The molecule has 2 unspecified atom stereocenters. The summed E-state index contributed by atoms with van der Waals surface area (Å²) >= 11 is 0. The fraction of sp³-hybridized carbons (Fsp3) is 0.562. The molecule has 20 heavy (non-hydrogen) atoms. The minimum absolute atomic E-state index is 0.187.